The van der Waals surface area contributed by atoms with E-state index in [-0.39, 0.29) is 0 Å². The zero-order valence-corrected chi connectivity index (χ0v) is 14.4. The van der Waals surface area contributed by atoms with Crippen molar-refractivity contribution in [3.63, 3.8) is 0 Å². The standard InChI is InChI=1S/C17H24Cl2N2/c1-12(2)16-11-20-9-4-3-6-13(20)10-21(16)15-8-5-7-14(18)17(15)19/h5,7-8,12-13,16H,3-4,6,9-11H2,1-2H3. The van der Waals surface area contributed by atoms with Gasteiger partial charge in [0.05, 0.1) is 15.7 Å². The maximum atomic E-state index is 6.48. The predicted molar refractivity (Wildman–Crippen MR) is 91.6 cm³/mol. The molecule has 2 aliphatic rings. The van der Waals surface area contributed by atoms with Gasteiger partial charge < -0.3 is 4.90 Å². The van der Waals surface area contributed by atoms with Gasteiger partial charge in [-0.3, -0.25) is 4.90 Å². The minimum Gasteiger partial charge on any atom is -0.364 e. The van der Waals surface area contributed by atoms with Gasteiger partial charge in [-0.15, -0.1) is 0 Å². The van der Waals surface area contributed by atoms with Crippen LogP contribution in [0.1, 0.15) is 33.1 Å². The number of piperidine rings is 1. The number of hydrogen-bond acceptors (Lipinski definition) is 2. The summed E-state index contributed by atoms with van der Waals surface area (Å²) in [7, 11) is 0. The minimum absolute atomic E-state index is 0.510. The van der Waals surface area contributed by atoms with Gasteiger partial charge in [0.1, 0.15) is 0 Å². The molecule has 3 rings (SSSR count). The lowest BCUT2D eigenvalue weighted by Crippen LogP contribution is -2.61. The largest absolute Gasteiger partial charge is 0.364 e. The maximum Gasteiger partial charge on any atom is 0.0825 e. The van der Waals surface area contributed by atoms with Gasteiger partial charge in [0.2, 0.25) is 0 Å². The summed E-state index contributed by atoms with van der Waals surface area (Å²) >= 11 is 12.7. The molecule has 0 spiro atoms. The molecule has 0 saturated carbocycles. The summed E-state index contributed by atoms with van der Waals surface area (Å²) in [6.45, 7) is 8.08. The molecule has 1 aromatic rings. The zero-order valence-electron chi connectivity index (χ0n) is 12.9. The Balaban J connectivity index is 1.92. The Morgan fingerprint density at radius 1 is 1.14 bits per heavy atom. The van der Waals surface area contributed by atoms with E-state index in [0.717, 1.165) is 18.8 Å². The molecule has 2 unspecified atom stereocenters. The van der Waals surface area contributed by atoms with E-state index in [2.05, 4.69) is 29.7 Å². The van der Waals surface area contributed by atoms with Crippen molar-refractivity contribution >= 4 is 28.9 Å². The van der Waals surface area contributed by atoms with Crippen LogP contribution >= 0.6 is 23.2 Å². The monoisotopic (exact) mass is 326 g/mol. The molecule has 0 radical (unpaired) electrons. The fraction of sp³-hybridized carbons (Fsp3) is 0.647. The van der Waals surface area contributed by atoms with Crippen molar-refractivity contribution in [3.8, 4) is 0 Å². The van der Waals surface area contributed by atoms with Gasteiger partial charge in [-0.2, -0.15) is 0 Å². The molecule has 0 aliphatic carbocycles. The van der Waals surface area contributed by atoms with Crippen LogP contribution in [0.4, 0.5) is 5.69 Å². The second-order valence-electron chi connectivity index (χ2n) is 6.68. The number of halogens is 2. The van der Waals surface area contributed by atoms with Gasteiger partial charge in [0, 0.05) is 25.2 Å². The van der Waals surface area contributed by atoms with Crippen LogP contribution in [0.25, 0.3) is 0 Å². The highest BCUT2D eigenvalue weighted by Gasteiger charge is 2.37. The van der Waals surface area contributed by atoms with E-state index >= 15 is 0 Å². The molecule has 2 fully saturated rings. The Morgan fingerprint density at radius 2 is 1.95 bits per heavy atom. The van der Waals surface area contributed by atoms with Crippen LogP contribution < -0.4 is 4.90 Å². The van der Waals surface area contributed by atoms with Crippen LogP contribution in [0.2, 0.25) is 10.0 Å². The van der Waals surface area contributed by atoms with Gasteiger partial charge in [0.25, 0.3) is 0 Å². The van der Waals surface area contributed by atoms with Crippen LogP contribution in [0.5, 0.6) is 0 Å². The first-order chi connectivity index (χ1) is 10.1. The Labute approximate surface area is 138 Å². The fourth-order valence-electron chi connectivity index (χ4n) is 3.77. The molecule has 0 aromatic heterocycles. The Morgan fingerprint density at radius 3 is 2.71 bits per heavy atom. The summed E-state index contributed by atoms with van der Waals surface area (Å²) in [5.41, 5.74) is 1.10. The van der Waals surface area contributed by atoms with Crippen molar-refractivity contribution in [2.24, 2.45) is 5.92 Å². The molecule has 116 valence electrons. The molecule has 4 heteroatoms. The number of rotatable bonds is 2. The van der Waals surface area contributed by atoms with Crippen LogP contribution in [-0.2, 0) is 0 Å². The van der Waals surface area contributed by atoms with Gasteiger partial charge in [-0.05, 0) is 37.4 Å². The number of piperazine rings is 1. The first kappa shape index (κ1) is 15.5. The van der Waals surface area contributed by atoms with Gasteiger partial charge in [-0.25, -0.2) is 0 Å². The molecule has 1 aromatic carbocycles. The fourth-order valence-corrected chi connectivity index (χ4v) is 4.17. The lowest BCUT2D eigenvalue weighted by molar-refractivity contribution is 0.100. The van der Waals surface area contributed by atoms with E-state index < -0.39 is 0 Å². The highest BCUT2D eigenvalue weighted by molar-refractivity contribution is 6.43. The quantitative estimate of drug-likeness (QED) is 0.777. The normalized spacial score (nSPS) is 27.0. The summed E-state index contributed by atoms with van der Waals surface area (Å²) in [4.78, 5) is 5.19. The zero-order chi connectivity index (χ0) is 15.0. The average molecular weight is 327 g/mol. The number of fused-ring (bicyclic) bond motifs is 1. The smallest absolute Gasteiger partial charge is 0.0825 e. The molecule has 21 heavy (non-hydrogen) atoms. The highest BCUT2D eigenvalue weighted by Crippen LogP contribution is 2.37. The Kier molecular flexibility index (Phi) is 4.68. The van der Waals surface area contributed by atoms with E-state index in [0.29, 0.717) is 28.0 Å². The second kappa shape index (κ2) is 6.36. The predicted octanol–water partition coefficient (Wildman–Crippen LogP) is 4.69. The van der Waals surface area contributed by atoms with Crippen LogP contribution in [-0.4, -0.2) is 36.6 Å². The molecule has 2 nitrogen and oxygen atoms in total. The molecule has 0 N–H and O–H groups in total. The average Bonchev–Trinajstić information content (AvgIpc) is 2.48. The second-order valence-corrected chi connectivity index (χ2v) is 7.47. The number of nitrogens with zero attached hydrogens (tertiary/aromatic N) is 2. The topological polar surface area (TPSA) is 6.48 Å². The lowest BCUT2D eigenvalue weighted by Gasteiger charge is -2.51. The summed E-state index contributed by atoms with van der Waals surface area (Å²) in [6, 6.07) is 7.17. The van der Waals surface area contributed by atoms with E-state index in [9.17, 15) is 0 Å². The summed E-state index contributed by atoms with van der Waals surface area (Å²) < 4.78 is 0. The Bertz CT molecular complexity index is 504. The molecule has 2 aliphatic heterocycles. The van der Waals surface area contributed by atoms with Crippen molar-refractivity contribution < 1.29 is 0 Å². The summed E-state index contributed by atoms with van der Waals surface area (Å²) in [6.07, 6.45) is 4.00. The van der Waals surface area contributed by atoms with Crippen molar-refractivity contribution in [2.75, 3.05) is 24.5 Å². The van der Waals surface area contributed by atoms with Crippen molar-refractivity contribution in [2.45, 2.75) is 45.2 Å². The molecule has 2 atom stereocenters. The van der Waals surface area contributed by atoms with E-state index in [1.165, 1.54) is 25.8 Å². The molecular weight excluding hydrogens is 303 g/mol. The third kappa shape index (κ3) is 3.04. The number of hydrogen-bond donors (Lipinski definition) is 0. The van der Waals surface area contributed by atoms with Gasteiger partial charge in [-0.1, -0.05) is 49.5 Å². The van der Waals surface area contributed by atoms with Crippen molar-refractivity contribution in [3.05, 3.63) is 28.2 Å². The van der Waals surface area contributed by atoms with E-state index in [4.69, 9.17) is 23.2 Å². The third-order valence-electron chi connectivity index (χ3n) is 4.99. The Hall–Kier alpha value is -0.440. The number of benzene rings is 1. The third-order valence-corrected chi connectivity index (χ3v) is 5.80. The SMILES string of the molecule is CC(C)C1CN2CCCCC2CN1c1cccc(Cl)c1Cl. The van der Waals surface area contributed by atoms with Crippen LogP contribution in [0, 0.1) is 5.92 Å². The van der Waals surface area contributed by atoms with Crippen LogP contribution in [0.3, 0.4) is 0 Å². The molecule has 0 bridgehead atoms. The van der Waals surface area contributed by atoms with Gasteiger partial charge >= 0.3 is 0 Å². The molecule has 2 heterocycles. The summed E-state index contributed by atoms with van der Waals surface area (Å²) in [5.74, 6) is 0.600. The molecule has 0 amide bonds. The van der Waals surface area contributed by atoms with E-state index in [1.807, 2.05) is 12.1 Å². The van der Waals surface area contributed by atoms with Crippen LogP contribution in [0.15, 0.2) is 18.2 Å². The number of anilines is 1. The maximum absolute atomic E-state index is 6.48. The summed E-state index contributed by atoms with van der Waals surface area (Å²) in [5, 5.41) is 1.36. The van der Waals surface area contributed by atoms with Gasteiger partial charge in [0.15, 0.2) is 0 Å². The lowest BCUT2D eigenvalue weighted by atomic mass is 9.91. The first-order valence-electron chi connectivity index (χ1n) is 8.02. The minimum atomic E-state index is 0.510. The highest BCUT2D eigenvalue weighted by atomic mass is 35.5. The first-order valence-corrected chi connectivity index (χ1v) is 8.78. The molecular formula is C17H24Cl2N2. The van der Waals surface area contributed by atoms with E-state index in [1.54, 1.807) is 0 Å². The van der Waals surface area contributed by atoms with Crippen molar-refractivity contribution in [1.82, 2.24) is 4.90 Å². The van der Waals surface area contributed by atoms with Crippen molar-refractivity contribution in [1.29, 1.82) is 0 Å². The molecule has 2 saturated heterocycles.